The van der Waals surface area contributed by atoms with Gasteiger partial charge < -0.3 is 14.2 Å². The van der Waals surface area contributed by atoms with Crippen molar-refractivity contribution < 1.29 is 18.6 Å². The highest BCUT2D eigenvalue weighted by Crippen LogP contribution is 2.48. The monoisotopic (exact) mass is 364 g/mol. The number of halogens is 1. The van der Waals surface area contributed by atoms with Crippen molar-refractivity contribution in [1.29, 1.82) is 0 Å². The van der Waals surface area contributed by atoms with E-state index in [9.17, 15) is 4.39 Å². The number of hydrogen-bond acceptors (Lipinski definition) is 3. The van der Waals surface area contributed by atoms with E-state index in [4.69, 9.17) is 14.2 Å². The van der Waals surface area contributed by atoms with Gasteiger partial charge in [-0.05, 0) is 43.2 Å². The van der Waals surface area contributed by atoms with E-state index in [0.717, 1.165) is 34.4 Å². The maximum Gasteiger partial charge on any atom is 0.188 e. The van der Waals surface area contributed by atoms with Crippen LogP contribution in [0.1, 0.15) is 31.4 Å². The van der Waals surface area contributed by atoms with E-state index in [0.29, 0.717) is 0 Å². The summed E-state index contributed by atoms with van der Waals surface area (Å²) in [7, 11) is 3.50. The summed E-state index contributed by atoms with van der Waals surface area (Å²) >= 11 is 0. The lowest BCUT2D eigenvalue weighted by atomic mass is 9.96. The first-order chi connectivity index (χ1) is 11.9. The van der Waals surface area contributed by atoms with Crippen LogP contribution in [0.5, 0.6) is 11.5 Å². The molecule has 0 aliphatic rings. The number of ether oxygens (including phenoxy) is 3. The van der Waals surface area contributed by atoms with E-state index < -0.39 is 0 Å². The van der Waals surface area contributed by atoms with E-state index in [1.807, 2.05) is 37.3 Å². The van der Waals surface area contributed by atoms with Crippen molar-refractivity contribution in [3.05, 3.63) is 53.3 Å². The van der Waals surface area contributed by atoms with Crippen LogP contribution in [0.4, 0.5) is 4.39 Å². The molecule has 2 aromatic rings. The molecule has 0 radical (unpaired) electrons. The fourth-order valence-electron chi connectivity index (χ4n) is 2.68. The molecule has 0 N–H and O–H groups in total. The minimum Gasteiger partial charge on any atom is -0.497 e. The lowest BCUT2D eigenvalue weighted by molar-refractivity contribution is 0.0500. The molecule has 0 bridgehead atoms. The molecule has 2 rings (SSSR count). The Morgan fingerprint density at radius 3 is 2.48 bits per heavy atom. The molecule has 0 aliphatic heterocycles. The third-order valence-corrected chi connectivity index (χ3v) is 6.21. The summed E-state index contributed by atoms with van der Waals surface area (Å²) in [6, 6.07) is 11.2. The van der Waals surface area contributed by atoms with Gasteiger partial charge in [0.2, 0.25) is 0 Å². The van der Waals surface area contributed by atoms with Crippen molar-refractivity contribution in [2.75, 3.05) is 21.0 Å². The van der Waals surface area contributed by atoms with Crippen molar-refractivity contribution in [1.82, 2.24) is 0 Å². The molecular weight excluding hydrogens is 338 g/mol. The Morgan fingerprint density at radius 2 is 1.88 bits per heavy atom. The van der Waals surface area contributed by atoms with Crippen LogP contribution in [0.15, 0.2) is 36.4 Å². The van der Waals surface area contributed by atoms with Gasteiger partial charge in [0.15, 0.2) is 6.79 Å². The average molecular weight is 364 g/mol. The van der Waals surface area contributed by atoms with Gasteiger partial charge in [-0.2, -0.15) is 0 Å². The van der Waals surface area contributed by atoms with E-state index in [1.54, 1.807) is 20.3 Å². The van der Waals surface area contributed by atoms with Crippen LogP contribution in [-0.2, 0) is 9.89 Å². The highest BCUT2D eigenvalue weighted by molar-refractivity contribution is 7.48. The first-order valence-electron chi connectivity index (χ1n) is 8.28. The molecule has 0 aliphatic carbocycles. The molecule has 3 nitrogen and oxygen atoms in total. The highest BCUT2D eigenvalue weighted by atomic mass is 31.1. The molecule has 0 amide bonds. The van der Waals surface area contributed by atoms with Crippen LogP contribution < -0.4 is 14.8 Å². The van der Waals surface area contributed by atoms with Gasteiger partial charge in [-0.3, -0.25) is 0 Å². The van der Waals surface area contributed by atoms with Gasteiger partial charge in [-0.25, -0.2) is 4.39 Å². The number of methoxy groups -OCH3 is 2. The number of benzene rings is 2. The molecule has 0 fully saturated rings. The second-order valence-electron chi connectivity index (χ2n) is 6.21. The lowest BCUT2D eigenvalue weighted by Gasteiger charge is -2.31. The Balaban J connectivity index is 2.45. The predicted molar refractivity (Wildman–Crippen MR) is 102 cm³/mol. The van der Waals surface area contributed by atoms with Gasteiger partial charge in [0, 0.05) is 23.1 Å². The number of aryl methyl sites for hydroxylation is 1. The Labute approximate surface area is 151 Å². The fraction of sp³-hybridized carbons (Fsp3) is 0.400. The van der Waals surface area contributed by atoms with Crippen LogP contribution in [0.3, 0.4) is 0 Å². The van der Waals surface area contributed by atoms with Gasteiger partial charge in [0.05, 0.1) is 7.11 Å². The summed E-state index contributed by atoms with van der Waals surface area (Å²) in [4.78, 5) is 0. The third-order valence-electron chi connectivity index (χ3n) is 4.36. The quantitative estimate of drug-likeness (QED) is 0.500. The first kappa shape index (κ1) is 19.7. The maximum absolute atomic E-state index is 14.4. The summed E-state index contributed by atoms with van der Waals surface area (Å²) in [6.45, 7) is 6.31. The summed E-state index contributed by atoms with van der Waals surface area (Å²) < 4.78 is 30.6. The van der Waals surface area contributed by atoms with Crippen LogP contribution in [-0.4, -0.2) is 21.0 Å². The van der Waals surface area contributed by atoms with Gasteiger partial charge in [0.1, 0.15) is 17.3 Å². The normalized spacial score (nSPS) is 13.8. The molecule has 0 aromatic heterocycles. The molecule has 0 saturated heterocycles. The fourth-order valence-corrected chi connectivity index (χ4v) is 4.14. The lowest BCUT2D eigenvalue weighted by Crippen LogP contribution is -2.21. The molecule has 25 heavy (non-hydrogen) atoms. The zero-order chi connectivity index (χ0) is 18.4. The minimum absolute atomic E-state index is 0.153. The first-order valence-corrected chi connectivity index (χ1v) is 9.28. The van der Waals surface area contributed by atoms with Crippen molar-refractivity contribution in [3.8, 4) is 11.5 Å². The Bertz CT molecular complexity index is 720. The Morgan fingerprint density at radius 1 is 1.12 bits per heavy atom. The molecule has 2 unspecified atom stereocenters. The van der Waals surface area contributed by atoms with Crippen molar-refractivity contribution in [2.45, 2.75) is 32.3 Å². The summed E-state index contributed by atoms with van der Waals surface area (Å²) in [5.41, 5.74) is 1.93. The Hall–Kier alpha value is -1.64. The Kier molecular flexibility index (Phi) is 6.80. The third kappa shape index (κ3) is 4.71. The van der Waals surface area contributed by atoms with Crippen LogP contribution in [0.2, 0.25) is 0 Å². The molecule has 5 heteroatoms. The molecule has 0 heterocycles. The maximum atomic E-state index is 14.4. The zero-order valence-electron chi connectivity index (χ0n) is 15.5. The summed E-state index contributed by atoms with van der Waals surface area (Å²) in [6.07, 6.45) is 0.843. The summed E-state index contributed by atoms with van der Waals surface area (Å²) in [5, 5.41) is 0.462. The molecule has 2 atom stereocenters. The predicted octanol–water partition coefficient (Wildman–Crippen LogP) is 4.75. The van der Waals surface area contributed by atoms with E-state index in [1.165, 1.54) is 0 Å². The van der Waals surface area contributed by atoms with Gasteiger partial charge in [-0.1, -0.05) is 34.6 Å². The van der Waals surface area contributed by atoms with E-state index in [2.05, 4.69) is 13.8 Å². The summed E-state index contributed by atoms with van der Waals surface area (Å²) in [5.74, 6) is 1.35. The van der Waals surface area contributed by atoms with Crippen LogP contribution in [0, 0.1) is 12.7 Å². The van der Waals surface area contributed by atoms with Gasteiger partial charge in [-0.15, -0.1) is 0 Å². The van der Waals surface area contributed by atoms with Gasteiger partial charge in [0.25, 0.3) is 0 Å². The van der Waals surface area contributed by atoms with E-state index >= 15 is 0 Å². The number of hydrogen-bond donors (Lipinski definition) is 0. The average Bonchev–Trinajstić information content (AvgIpc) is 2.62. The van der Waals surface area contributed by atoms with E-state index in [-0.39, 0.29) is 26.3 Å². The van der Waals surface area contributed by atoms with Gasteiger partial charge >= 0.3 is 0 Å². The van der Waals surface area contributed by atoms with Crippen molar-refractivity contribution >= 4 is 13.9 Å². The largest absolute Gasteiger partial charge is 0.497 e. The van der Waals surface area contributed by atoms with Crippen LogP contribution in [0.25, 0.3) is 0 Å². The highest BCUT2D eigenvalue weighted by Gasteiger charge is 2.30. The zero-order valence-corrected chi connectivity index (χ0v) is 16.5. The molecule has 2 aromatic carbocycles. The number of rotatable bonds is 8. The molecule has 0 spiro atoms. The SMILES string of the molecule is CCC(C)(Pc1ccc(C)cc1F)c1cc(OC)ccc1OCOC. The minimum atomic E-state index is -0.270. The van der Waals surface area contributed by atoms with Crippen molar-refractivity contribution in [2.24, 2.45) is 0 Å². The standard InChI is InChI=1S/C20H26FO3P/c1-6-20(3,25-19-10-7-14(2)11-17(19)21)16-12-15(23-5)8-9-18(16)24-13-22-4/h7-12,25H,6,13H2,1-5H3. The second-order valence-corrected chi connectivity index (χ2v) is 8.10. The second kappa shape index (κ2) is 8.64. The smallest absolute Gasteiger partial charge is 0.188 e. The molecular formula is C20H26FO3P. The van der Waals surface area contributed by atoms with Crippen LogP contribution >= 0.6 is 8.58 Å². The van der Waals surface area contributed by atoms with Crippen molar-refractivity contribution in [3.63, 3.8) is 0 Å². The molecule has 0 saturated carbocycles. The topological polar surface area (TPSA) is 27.7 Å². The molecule has 136 valence electrons.